The van der Waals surface area contributed by atoms with Gasteiger partial charge in [0, 0.05) is 42.9 Å². The third-order valence-corrected chi connectivity index (χ3v) is 8.86. The summed E-state index contributed by atoms with van der Waals surface area (Å²) in [5.74, 6) is -1.43. The number of hydrogen-bond acceptors (Lipinski definition) is 8. The molecule has 13 heteroatoms. The molecule has 2 aliphatic rings. The smallest absolute Gasteiger partial charge is 0.274 e. The lowest BCUT2D eigenvalue weighted by Gasteiger charge is -2.39. The van der Waals surface area contributed by atoms with E-state index in [4.69, 9.17) is 15.2 Å². The highest BCUT2D eigenvalue weighted by atomic mass is 31.0. The highest BCUT2D eigenvalue weighted by molar-refractivity contribution is 7.28. The van der Waals surface area contributed by atoms with Crippen LogP contribution < -0.4 is 21.1 Å². The van der Waals surface area contributed by atoms with Crippen LogP contribution in [-0.2, 0) is 4.74 Å². The molecule has 0 radical (unpaired) electrons. The van der Waals surface area contributed by atoms with Gasteiger partial charge in [0.1, 0.15) is 34.9 Å². The summed E-state index contributed by atoms with van der Waals surface area (Å²) in [7, 11) is 2.41. The van der Waals surface area contributed by atoms with Gasteiger partial charge in [0.25, 0.3) is 5.91 Å². The van der Waals surface area contributed by atoms with Crippen molar-refractivity contribution in [3.8, 4) is 17.0 Å². The minimum absolute atomic E-state index is 0.0139. The number of pyridine rings is 2. The van der Waals surface area contributed by atoms with Gasteiger partial charge in [0.05, 0.1) is 37.3 Å². The first-order valence-electron chi connectivity index (χ1n) is 14.7. The molecule has 2 fully saturated rings. The Morgan fingerprint density at radius 3 is 2.68 bits per heavy atom. The van der Waals surface area contributed by atoms with E-state index in [0.717, 1.165) is 18.1 Å². The number of carbonyl (C=O) groups excluding carboxylic acids is 1. The van der Waals surface area contributed by atoms with Crippen LogP contribution in [0.1, 0.15) is 60.6 Å². The highest BCUT2D eigenvalue weighted by Crippen LogP contribution is 2.42. The minimum atomic E-state index is -0.753. The highest BCUT2D eigenvalue weighted by Gasteiger charge is 2.37. The third kappa shape index (κ3) is 6.33. The molecule has 1 aliphatic heterocycles. The number of nitrogens with one attached hydrogen (secondary N) is 1. The van der Waals surface area contributed by atoms with E-state index in [1.54, 1.807) is 24.7 Å². The molecule has 10 nitrogen and oxygen atoms in total. The average molecular weight is 622 g/mol. The fourth-order valence-corrected chi connectivity index (χ4v) is 6.80. The number of nitrogens with two attached hydrogens (primary N) is 1. The van der Waals surface area contributed by atoms with Crippen LogP contribution in [0.3, 0.4) is 0 Å². The van der Waals surface area contributed by atoms with E-state index in [0.29, 0.717) is 49.2 Å². The van der Waals surface area contributed by atoms with Crippen molar-refractivity contribution >= 4 is 26.1 Å². The molecule has 3 N–H and O–H groups in total. The number of carbonyl (C=O) groups is 1. The van der Waals surface area contributed by atoms with Crippen molar-refractivity contribution in [3.63, 3.8) is 0 Å². The van der Waals surface area contributed by atoms with Gasteiger partial charge in [-0.15, -0.1) is 14.3 Å². The lowest BCUT2D eigenvalue weighted by atomic mass is 9.73. The second kappa shape index (κ2) is 13.0. The predicted molar refractivity (Wildman–Crippen MR) is 164 cm³/mol. The second-order valence-corrected chi connectivity index (χ2v) is 12.0. The summed E-state index contributed by atoms with van der Waals surface area (Å²) in [4.78, 5) is 21.9. The standard InChI is InChI=1S/C31H34F2N7O3P/c1-17-12-18(13-24(34)30(17)40-9-8-36-39-40)21-4-7-35-16-26(21)38-31(41)25-3-2-22(32)29(37-25)28-23(33)14-20(15-27(28)44)43-19-5-10-42-11-6-19/h2-4,7-9,14-19,24,30H,5-6,10-13,34,44H2,1H3,(H,38,41)/t17-,18+,24+,30-/m0/s1. The van der Waals surface area contributed by atoms with Crippen molar-refractivity contribution in [2.75, 3.05) is 18.5 Å². The maximum Gasteiger partial charge on any atom is 0.274 e. The van der Waals surface area contributed by atoms with E-state index >= 15 is 8.78 Å². The summed E-state index contributed by atoms with van der Waals surface area (Å²) in [6.07, 6.45) is 9.54. The van der Waals surface area contributed by atoms with Gasteiger partial charge in [-0.05, 0) is 59.8 Å². The molecule has 230 valence electrons. The number of aromatic nitrogens is 5. The maximum atomic E-state index is 15.4. The molecular weight excluding hydrogens is 587 g/mol. The molecule has 1 saturated carbocycles. The topological polar surface area (TPSA) is 130 Å². The number of hydrogen-bond donors (Lipinski definition) is 2. The van der Waals surface area contributed by atoms with Crippen LogP contribution in [0.15, 0.2) is 55.1 Å². The van der Waals surface area contributed by atoms with Crippen molar-refractivity contribution in [2.45, 2.75) is 56.7 Å². The van der Waals surface area contributed by atoms with Crippen molar-refractivity contribution in [1.29, 1.82) is 0 Å². The molecule has 1 saturated heterocycles. The molecule has 1 aromatic carbocycles. The largest absolute Gasteiger partial charge is 0.490 e. The molecule has 1 unspecified atom stereocenters. The first kappa shape index (κ1) is 30.2. The second-order valence-electron chi connectivity index (χ2n) is 11.4. The fraction of sp³-hybridized carbons (Fsp3) is 0.387. The van der Waals surface area contributed by atoms with Gasteiger partial charge >= 0.3 is 0 Å². The Morgan fingerprint density at radius 1 is 1.14 bits per heavy atom. The summed E-state index contributed by atoms with van der Waals surface area (Å²) < 4.78 is 43.5. The van der Waals surface area contributed by atoms with Crippen LogP contribution in [0.4, 0.5) is 14.5 Å². The first-order chi connectivity index (χ1) is 21.3. The Balaban J connectivity index is 1.21. The van der Waals surface area contributed by atoms with Gasteiger partial charge in [-0.3, -0.25) is 9.78 Å². The van der Waals surface area contributed by atoms with Crippen molar-refractivity contribution in [1.82, 2.24) is 25.0 Å². The lowest BCUT2D eigenvalue weighted by molar-refractivity contribution is 0.0255. The fourth-order valence-electron chi connectivity index (χ4n) is 6.36. The zero-order valence-electron chi connectivity index (χ0n) is 24.2. The van der Waals surface area contributed by atoms with Gasteiger partial charge < -0.3 is 20.5 Å². The van der Waals surface area contributed by atoms with E-state index in [1.807, 2.05) is 16.9 Å². The van der Waals surface area contributed by atoms with E-state index in [9.17, 15) is 4.79 Å². The summed E-state index contributed by atoms with van der Waals surface area (Å²) in [5.41, 5.74) is 7.63. The van der Waals surface area contributed by atoms with Crippen LogP contribution in [-0.4, -0.2) is 56.2 Å². The zero-order chi connectivity index (χ0) is 30.8. The zero-order valence-corrected chi connectivity index (χ0v) is 25.4. The first-order valence-corrected chi connectivity index (χ1v) is 15.2. The minimum Gasteiger partial charge on any atom is -0.490 e. The van der Waals surface area contributed by atoms with E-state index in [2.05, 4.69) is 41.8 Å². The average Bonchev–Trinajstić information content (AvgIpc) is 3.52. The molecule has 4 heterocycles. The molecule has 1 aliphatic carbocycles. The Kier molecular flexibility index (Phi) is 8.93. The van der Waals surface area contributed by atoms with Crippen molar-refractivity contribution in [3.05, 3.63) is 78.0 Å². The number of benzene rings is 1. The van der Waals surface area contributed by atoms with Gasteiger partial charge in [0.2, 0.25) is 0 Å². The van der Waals surface area contributed by atoms with E-state index < -0.39 is 17.5 Å². The number of amides is 1. The normalized spacial score (nSPS) is 22.5. The quantitative estimate of drug-likeness (QED) is 0.291. The Labute approximate surface area is 256 Å². The number of rotatable bonds is 7. The van der Waals surface area contributed by atoms with Gasteiger partial charge in [0.15, 0.2) is 0 Å². The summed E-state index contributed by atoms with van der Waals surface area (Å²) in [5, 5.41) is 11.3. The van der Waals surface area contributed by atoms with E-state index in [1.165, 1.54) is 12.1 Å². The Morgan fingerprint density at radius 2 is 1.95 bits per heavy atom. The van der Waals surface area contributed by atoms with Gasteiger partial charge in [-0.1, -0.05) is 12.1 Å². The maximum absolute atomic E-state index is 15.4. The molecule has 1 amide bonds. The Bertz CT molecular complexity index is 1600. The third-order valence-electron chi connectivity index (χ3n) is 8.40. The molecule has 0 bridgehead atoms. The van der Waals surface area contributed by atoms with Gasteiger partial charge in [-0.2, -0.15) is 0 Å². The number of nitrogens with zero attached hydrogens (tertiary/aromatic N) is 5. The molecular formula is C31H34F2N7O3P. The van der Waals surface area contributed by atoms with Crippen molar-refractivity contribution in [2.24, 2.45) is 11.7 Å². The number of ether oxygens (including phenoxy) is 2. The SMILES string of the molecule is C[C@H]1C[C@@H](c2ccncc2NC(=O)c2ccc(F)c(-c3c(F)cc(OC4CCOCC4)cc3P)n2)C[C@@H](N)[C@H]1n1ccnn1. The predicted octanol–water partition coefficient (Wildman–Crippen LogP) is 4.41. The molecule has 5 atom stereocenters. The number of anilines is 1. The molecule has 6 rings (SSSR count). The molecule has 4 aromatic rings. The lowest BCUT2D eigenvalue weighted by Crippen LogP contribution is -2.42. The van der Waals surface area contributed by atoms with Crippen LogP contribution in [0, 0.1) is 17.6 Å². The monoisotopic (exact) mass is 621 g/mol. The molecule has 0 spiro atoms. The van der Waals surface area contributed by atoms with Crippen LogP contribution in [0.2, 0.25) is 0 Å². The Hall–Kier alpha value is -3.86. The summed E-state index contributed by atoms with van der Waals surface area (Å²) in [6.45, 7) is 3.30. The summed E-state index contributed by atoms with van der Waals surface area (Å²) in [6, 6.07) is 6.94. The van der Waals surface area contributed by atoms with Crippen LogP contribution >= 0.6 is 9.24 Å². The van der Waals surface area contributed by atoms with Crippen LogP contribution in [0.5, 0.6) is 5.75 Å². The summed E-state index contributed by atoms with van der Waals surface area (Å²) >= 11 is 0. The van der Waals surface area contributed by atoms with Crippen LogP contribution in [0.25, 0.3) is 11.3 Å². The molecule has 44 heavy (non-hydrogen) atoms. The van der Waals surface area contributed by atoms with Gasteiger partial charge in [-0.25, -0.2) is 18.4 Å². The van der Waals surface area contributed by atoms with E-state index in [-0.39, 0.29) is 47.0 Å². The van der Waals surface area contributed by atoms with Crippen molar-refractivity contribution < 1.29 is 23.0 Å². The molecule has 3 aromatic heterocycles. The number of halogens is 2.